The summed E-state index contributed by atoms with van der Waals surface area (Å²) in [6.45, 7) is 0. The molecule has 0 aliphatic carbocycles. The number of rotatable bonds is 2. The molecule has 50 valence electrons. The Morgan fingerprint density at radius 2 is 1.75 bits per heavy atom. The average Bonchev–Trinajstić information content (AvgIpc) is 1.21. The molecule has 0 aliphatic heterocycles. The van der Waals surface area contributed by atoms with E-state index in [1.54, 1.807) is 5.82 Å². The third kappa shape index (κ3) is 7.08. The Labute approximate surface area is 59.4 Å². The second kappa shape index (κ2) is 3.30. The minimum atomic E-state index is -2.11. The van der Waals surface area contributed by atoms with Gasteiger partial charge in [0.25, 0.3) is 0 Å². The average molecular weight is 290 g/mol. The molecule has 0 rings (SSSR count). The molecule has 4 heteroatoms. The fraction of sp³-hybridized carbons (Fsp3) is 1.00. The van der Waals surface area contributed by atoms with Crippen LogP contribution in [-0.4, -0.2) is 33.0 Å². The summed E-state index contributed by atoms with van der Waals surface area (Å²) in [6.07, 6.45) is 0. The molecular weight excluding hydrogens is 278 g/mol. The van der Waals surface area contributed by atoms with E-state index in [9.17, 15) is 3.83 Å². The molecule has 0 aliphatic rings. The molecule has 0 aromatic carbocycles. The van der Waals surface area contributed by atoms with E-state index in [0.29, 0.717) is 0 Å². The molecule has 0 fully saturated rings. The van der Waals surface area contributed by atoms with Crippen LogP contribution in [0.25, 0.3) is 0 Å². The van der Waals surface area contributed by atoms with Gasteiger partial charge >= 0.3 is 59.6 Å². The Kier molecular flexibility index (Phi) is 3.74. The van der Waals surface area contributed by atoms with E-state index in [1.807, 2.05) is 0 Å². The van der Waals surface area contributed by atoms with Crippen LogP contribution < -0.4 is 0 Å². The molecule has 0 bridgehead atoms. The predicted molar refractivity (Wildman–Crippen MR) is 36.7 cm³/mol. The Bertz CT molecular complexity index is 96.7. The molecule has 0 radical (unpaired) electrons. The molecule has 0 heterocycles. The van der Waals surface area contributed by atoms with E-state index in [1.165, 1.54) is 0 Å². The molecule has 0 amide bonds. The molecule has 1 atom stereocenters. The van der Waals surface area contributed by atoms with Gasteiger partial charge in [0, 0.05) is 0 Å². The van der Waals surface area contributed by atoms with E-state index >= 15 is 0 Å². The second-order valence-electron chi connectivity index (χ2n) is 2.60. The van der Waals surface area contributed by atoms with Crippen LogP contribution in [0.1, 0.15) is 0 Å². The summed E-state index contributed by atoms with van der Waals surface area (Å²) in [5.41, 5.74) is 0. The van der Waals surface area contributed by atoms with Crippen molar-refractivity contribution in [2.75, 3.05) is 0 Å². The minimum absolute atomic E-state index is 1.67. The summed E-state index contributed by atoms with van der Waals surface area (Å²) in [5.74, 6) is 1.67. The normalized spacial score (nSPS) is 16.0. The van der Waals surface area contributed by atoms with Crippen LogP contribution in [0.3, 0.4) is 0 Å². The first-order valence-corrected chi connectivity index (χ1v) is 15.3. The van der Waals surface area contributed by atoms with Gasteiger partial charge in [-0.3, -0.25) is 0 Å². The summed E-state index contributed by atoms with van der Waals surface area (Å²) < 4.78 is 15.7. The zero-order chi connectivity index (χ0) is 6.78. The van der Waals surface area contributed by atoms with Gasteiger partial charge in [0.2, 0.25) is 0 Å². The monoisotopic (exact) mass is 292 g/mol. The Morgan fingerprint density at radius 1 is 1.38 bits per heavy atom. The van der Waals surface area contributed by atoms with Crippen LogP contribution in [-0.2, 0) is 5.99 Å². The van der Waals surface area contributed by atoms with Crippen molar-refractivity contribution in [3.05, 3.63) is 0 Å². The molecule has 8 heavy (non-hydrogen) atoms. The third-order valence-electron chi connectivity index (χ3n) is 0.367. The van der Waals surface area contributed by atoms with Crippen molar-refractivity contribution >= 4 is 33.0 Å². The van der Waals surface area contributed by atoms with Crippen molar-refractivity contribution in [1.82, 2.24) is 0 Å². The van der Waals surface area contributed by atoms with Gasteiger partial charge in [-0.1, -0.05) is 0 Å². The van der Waals surface area contributed by atoms with E-state index in [-0.39, 0.29) is 0 Å². The Morgan fingerprint density at radius 3 is 1.75 bits per heavy atom. The first-order valence-electron chi connectivity index (χ1n) is 2.45. The summed E-state index contributed by atoms with van der Waals surface area (Å²) in [6, 6.07) is 0. The molecule has 0 aromatic heterocycles. The predicted octanol–water partition coefficient (Wildman–Crippen LogP) is 1.39. The van der Waals surface area contributed by atoms with Gasteiger partial charge in [-0.15, -0.1) is 0 Å². The van der Waals surface area contributed by atoms with Gasteiger partial charge in [-0.05, 0) is 0 Å². The molecule has 0 aromatic rings. The van der Waals surface area contributed by atoms with Gasteiger partial charge in [-0.2, -0.15) is 0 Å². The first kappa shape index (κ1) is 9.08. The van der Waals surface area contributed by atoms with Gasteiger partial charge in [0.1, 0.15) is 0 Å². The van der Waals surface area contributed by atoms with Crippen molar-refractivity contribution < 1.29 is 5.99 Å². The van der Waals surface area contributed by atoms with Crippen molar-refractivity contribution in [3.63, 3.8) is 0 Å². The second-order valence-corrected chi connectivity index (χ2v) is 19.2. The number of hydrogen-bond donors (Lipinski definition) is 0. The van der Waals surface area contributed by atoms with Crippen LogP contribution >= 0.6 is 0 Å². The zero-order valence-electron chi connectivity index (χ0n) is 5.72. The summed E-state index contributed by atoms with van der Waals surface area (Å²) >= 11 is -3.95. The van der Waals surface area contributed by atoms with E-state index < -0.39 is 33.0 Å². The maximum absolute atomic E-state index is 10.5. The van der Waals surface area contributed by atoms with Crippen molar-refractivity contribution in [1.29, 1.82) is 0 Å². The SMILES string of the molecule is C[Se](=O)[O][Sn]([CH3])([CH3])[CH3]. The topological polar surface area (TPSA) is 26.3 Å². The fourth-order valence-electron chi connectivity index (χ4n) is 0.352. The molecule has 2 nitrogen and oxygen atoms in total. The van der Waals surface area contributed by atoms with Crippen LogP contribution in [0, 0.1) is 0 Å². The first-order chi connectivity index (χ1) is 3.42. The van der Waals surface area contributed by atoms with Gasteiger partial charge in [0.05, 0.1) is 0 Å². The van der Waals surface area contributed by atoms with E-state index in [2.05, 4.69) is 14.8 Å². The quantitative estimate of drug-likeness (QED) is 0.718. The summed E-state index contributed by atoms with van der Waals surface area (Å²) in [5, 5.41) is 0. The number of hydrogen-bond acceptors (Lipinski definition) is 2. The summed E-state index contributed by atoms with van der Waals surface area (Å²) in [7, 11) is 0. The van der Waals surface area contributed by atoms with Crippen LogP contribution in [0.2, 0.25) is 20.6 Å². The van der Waals surface area contributed by atoms with Crippen LogP contribution in [0.4, 0.5) is 0 Å². The van der Waals surface area contributed by atoms with Crippen molar-refractivity contribution in [2.24, 2.45) is 0 Å². The van der Waals surface area contributed by atoms with Gasteiger partial charge < -0.3 is 0 Å². The van der Waals surface area contributed by atoms with Crippen LogP contribution in [0.5, 0.6) is 0 Å². The van der Waals surface area contributed by atoms with E-state index in [4.69, 9.17) is 2.16 Å². The fourth-order valence-corrected chi connectivity index (χ4v) is 12.3. The van der Waals surface area contributed by atoms with Gasteiger partial charge in [-0.25, -0.2) is 0 Å². The third-order valence-corrected chi connectivity index (χ3v) is 12.8. The van der Waals surface area contributed by atoms with Crippen molar-refractivity contribution in [2.45, 2.75) is 20.6 Å². The Balaban J connectivity index is 3.55. The molecule has 1 unspecified atom stereocenters. The molecule has 0 saturated heterocycles. The van der Waals surface area contributed by atoms with Gasteiger partial charge in [0.15, 0.2) is 0 Å². The zero-order valence-corrected chi connectivity index (χ0v) is 10.3. The van der Waals surface area contributed by atoms with Crippen LogP contribution in [0.15, 0.2) is 0 Å². The molecule has 0 spiro atoms. The van der Waals surface area contributed by atoms with E-state index in [0.717, 1.165) is 0 Å². The molecular formula is C4H12O2SeSn. The molecule has 0 N–H and O–H groups in total. The summed E-state index contributed by atoms with van der Waals surface area (Å²) in [4.78, 5) is 6.31. The molecule has 0 saturated carbocycles. The standard InChI is InChI=1S/CH4O2Se.3CH3.Sn/c1-4(2)3;;;;/h1H3,(H,2,3);3*1H3;/q;;;;+1/p-1. The Hall–Kier alpha value is 1.08. The van der Waals surface area contributed by atoms with Crippen molar-refractivity contribution in [3.8, 4) is 0 Å². The maximum atomic E-state index is 10.5.